The van der Waals surface area contributed by atoms with Gasteiger partial charge in [0.15, 0.2) is 0 Å². The highest BCUT2D eigenvalue weighted by molar-refractivity contribution is 6.35. The van der Waals surface area contributed by atoms with Crippen molar-refractivity contribution in [1.29, 1.82) is 0 Å². The van der Waals surface area contributed by atoms with Crippen molar-refractivity contribution in [3.8, 4) is 0 Å². The van der Waals surface area contributed by atoms with E-state index in [-0.39, 0.29) is 5.82 Å². The summed E-state index contributed by atoms with van der Waals surface area (Å²) in [5.41, 5.74) is 7.40. The number of halogens is 2. The Labute approximate surface area is 92.4 Å². The average Bonchev–Trinajstić information content (AvgIpc) is 2.43. The van der Waals surface area contributed by atoms with Gasteiger partial charge in [0.1, 0.15) is 5.82 Å². The summed E-state index contributed by atoms with van der Waals surface area (Å²) in [5, 5.41) is 1.30. The van der Waals surface area contributed by atoms with Crippen molar-refractivity contribution in [2.75, 3.05) is 6.54 Å². The molecule has 0 atom stereocenters. The molecule has 1 aromatic carbocycles. The lowest BCUT2D eigenvalue weighted by Gasteiger charge is -2.00. The largest absolute Gasteiger partial charge is 0.349 e. The average molecular weight is 227 g/mol. The van der Waals surface area contributed by atoms with E-state index in [1.165, 1.54) is 12.1 Å². The lowest BCUT2D eigenvalue weighted by molar-refractivity contribution is 0.629. The van der Waals surface area contributed by atoms with E-state index in [0.29, 0.717) is 11.6 Å². The Morgan fingerprint density at radius 2 is 2.20 bits per heavy atom. The second-order valence-corrected chi connectivity index (χ2v) is 3.99. The van der Waals surface area contributed by atoms with Crippen LogP contribution < -0.4 is 5.73 Å². The molecule has 0 radical (unpaired) electrons. The highest BCUT2D eigenvalue weighted by atomic mass is 35.5. The number of hydrogen-bond donors (Lipinski definition) is 1. The van der Waals surface area contributed by atoms with Crippen molar-refractivity contribution in [2.45, 2.75) is 6.42 Å². The molecule has 15 heavy (non-hydrogen) atoms. The monoisotopic (exact) mass is 226 g/mol. The number of aryl methyl sites for hydroxylation is 1. The molecule has 0 aliphatic carbocycles. The van der Waals surface area contributed by atoms with Crippen molar-refractivity contribution in [1.82, 2.24) is 4.57 Å². The second kappa shape index (κ2) is 3.83. The Morgan fingerprint density at radius 3 is 2.87 bits per heavy atom. The van der Waals surface area contributed by atoms with Crippen LogP contribution >= 0.6 is 11.6 Å². The van der Waals surface area contributed by atoms with E-state index in [1.807, 2.05) is 17.8 Å². The van der Waals surface area contributed by atoms with Gasteiger partial charge in [-0.1, -0.05) is 11.6 Å². The minimum Gasteiger partial charge on any atom is -0.349 e. The molecule has 0 bridgehead atoms. The second-order valence-electron chi connectivity index (χ2n) is 3.59. The molecule has 0 aliphatic heterocycles. The van der Waals surface area contributed by atoms with Gasteiger partial charge in [0, 0.05) is 18.6 Å². The van der Waals surface area contributed by atoms with Crippen LogP contribution in [0.3, 0.4) is 0 Å². The third-order valence-corrected chi connectivity index (χ3v) is 2.78. The maximum absolute atomic E-state index is 13.2. The molecule has 0 unspecified atom stereocenters. The van der Waals surface area contributed by atoms with Crippen LogP contribution in [0.5, 0.6) is 0 Å². The molecule has 2 aromatic rings. The first-order chi connectivity index (χ1) is 7.13. The topological polar surface area (TPSA) is 30.9 Å². The van der Waals surface area contributed by atoms with Crippen LogP contribution in [-0.2, 0) is 13.5 Å². The highest BCUT2D eigenvalue weighted by Gasteiger charge is 2.10. The first-order valence-electron chi connectivity index (χ1n) is 4.76. The molecule has 0 fully saturated rings. The van der Waals surface area contributed by atoms with E-state index in [9.17, 15) is 4.39 Å². The molecule has 0 aliphatic rings. The van der Waals surface area contributed by atoms with Gasteiger partial charge in [0.05, 0.1) is 10.5 Å². The van der Waals surface area contributed by atoms with Crippen LogP contribution in [0.1, 0.15) is 5.56 Å². The van der Waals surface area contributed by atoms with E-state index in [4.69, 9.17) is 17.3 Å². The Balaban J connectivity index is 2.75. The van der Waals surface area contributed by atoms with Crippen molar-refractivity contribution < 1.29 is 4.39 Å². The third-order valence-electron chi connectivity index (χ3n) is 2.49. The molecule has 0 spiro atoms. The summed E-state index contributed by atoms with van der Waals surface area (Å²) in [6.07, 6.45) is 2.68. The van der Waals surface area contributed by atoms with Gasteiger partial charge in [-0.2, -0.15) is 0 Å². The molecule has 1 heterocycles. The van der Waals surface area contributed by atoms with Crippen molar-refractivity contribution in [2.24, 2.45) is 12.8 Å². The SMILES string of the molecule is Cn1cc(CCN)c2cc(F)cc(Cl)c21. The fraction of sp³-hybridized carbons (Fsp3) is 0.273. The lowest BCUT2D eigenvalue weighted by atomic mass is 10.1. The number of aromatic nitrogens is 1. The van der Waals surface area contributed by atoms with Crippen molar-refractivity contribution in [3.63, 3.8) is 0 Å². The van der Waals surface area contributed by atoms with Gasteiger partial charge in [-0.3, -0.25) is 0 Å². The molecule has 0 saturated heterocycles. The standard InChI is InChI=1S/C11H12ClFN2/c1-15-6-7(2-3-14)9-4-8(13)5-10(12)11(9)15/h4-6H,2-3,14H2,1H3. The van der Waals surface area contributed by atoms with Crippen LogP contribution in [0.4, 0.5) is 4.39 Å². The quantitative estimate of drug-likeness (QED) is 0.838. The fourth-order valence-electron chi connectivity index (χ4n) is 1.89. The first-order valence-corrected chi connectivity index (χ1v) is 5.14. The van der Waals surface area contributed by atoms with E-state index in [1.54, 1.807) is 0 Å². The molecular weight excluding hydrogens is 215 g/mol. The summed E-state index contributed by atoms with van der Waals surface area (Å²) in [4.78, 5) is 0. The van der Waals surface area contributed by atoms with Crippen molar-refractivity contribution in [3.05, 3.63) is 34.7 Å². The van der Waals surface area contributed by atoms with Crippen LogP contribution in [0, 0.1) is 5.82 Å². The van der Waals surface area contributed by atoms with Gasteiger partial charge in [0.25, 0.3) is 0 Å². The summed E-state index contributed by atoms with van der Waals surface area (Å²) in [6, 6.07) is 2.84. The van der Waals surface area contributed by atoms with E-state index in [2.05, 4.69) is 0 Å². The zero-order valence-electron chi connectivity index (χ0n) is 8.43. The normalized spacial score (nSPS) is 11.2. The number of nitrogens with zero attached hydrogens (tertiary/aromatic N) is 1. The number of fused-ring (bicyclic) bond motifs is 1. The molecule has 0 saturated carbocycles. The molecular formula is C11H12ClFN2. The molecule has 2 nitrogen and oxygen atoms in total. The Morgan fingerprint density at radius 1 is 1.47 bits per heavy atom. The van der Waals surface area contributed by atoms with Gasteiger partial charge in [-0.25, -0.2) is 4.39 Å². The van der Waals surface area contributed by atoms with Crippen LogP contribution in [0.2, 0.25) is 5.02 Å². The number of benzene rings is 1. The predicted octanol–water partition coefficient (Wildman–Crippen LogP) is 2.47. The zero-order valence-corrected chi connectivity index (χ0v) is 9.18. The number of hydrogen-bond acceptors (Lipinski definition) is 1. The van der Waals surface area contributed by atoms with Gasteiger partial charge in [-0.15, -0.1) is 0 Å². The van der Waals surface area contributed by atoms with Gasteiger partial charge >= 0.3 is 0 Å². The minimum absolute atomic E-state index is 0.308. The zero-order chi connectivity index (χ0) is 11.0. The Kier molecular flexibility index (Phi) is 2.67. The number of rotatable bonds is 2. The van der Waals surface area contributed by atoms with Crippen LogP contribution in [0.15, 0.2) is 18.3 Å². The smallest absolute Gasteiger partial charge is 0.125 e. The maximum Gasteiger partial charge on any atom is 0.125 e. The first kappa shape index (κ1) is 10.5. The molecule has 80 valence electrons. The van der Waals surface area contributed by atoms with Gasteiger partial charge < -0.3 is 10.3 Å². The van der Waals surface area contributed by atoms with E-state index in [0.717, 1.165) is 22.9 Å². The Bertz CT molecular complexity index is 505. The van der Waals surface area contributed by atoms with E-state index >= 15 is 0 Å². The summed E-state index contributed by atoms with van der Waals surface area (Å²) in [7, 11) is 1.89. The van der Waals surface area contributed by atoms with Crippen LogP contribution in [-0.4, -0.2) is 11.1 Å². The number of nitrogens with two attached hydrogens (primary N) is 1. The maximum atomic E-state index is 13.2. The fourth-order valence-corrected chi connectivity index (χ4v) is 2.23. The molecule has 2 rings (SSSR count). The molecule has 0 amide bonds. The van der Waals surface area contributed by atoms with Crippen molar-refractivity contribution >= 4 is 22.5 Å². The summed E-state index contributed by atoms with van der Waals surface area (Å²) in [5.74, 6) is -0.308. The molecule has 4 heteroatoms. The minimum atomic E-state index is -0.308. The van der Waals surface area contributed by atoms with Gasteiger partial charge in [-0.05, 0) is 30.7 Å². The third kappa shape index (κ3) is 1.73. The summed E-state index contributed by atoms with van der Waals surface area (Å²) >= 11 is 5.99. The van der Waals surface area contributed by atoms with E-state index < -0.39 is 0 Å². The molecule has 2 N–H and O–H groups in total. The lowest BCUT2D eigenvalue weighted by Crippen LogP contribution is -2.01. The van der Waals surface area contributed by atoms with Crippen LogP contribution in [0.25, 0.3) is 10.9 Å². The summed E-state index contributed by atoms with van der Waals surface area (Å²) in [6.45, 7) is 0.549. The predicted molar refractivity (Wildman–Crippen MR) is 60.6 cm³/mol. The van der Waals surface area contributed by atoms with Gasteiger partial charge in [0.2, 0.25) is 0 Å². The highest BCUT2D eigenvalue weighted by Crippen LogP contribution is 2.28. The summed E-state index contributed by atoms with van der Waals surface area (Å²) < 4.78 is 15.1. The molecule has 1 aromatic heterocycles. The Hall–Kier alpha value is -1.06.